The molecule has 2 N–H and O–H groups in total. The first-order valence-corrected chi connectivity index (χ1v) is 7.34. The molecule has 1 heterocycles. The number of esters is 1. The van der Waals surface area contributed by atoms with Crippen molar-refractivity contribution in [3.63, 3.8) is 0 Å². The number of ketones is 1. The second-order valence-corrected chi connectivity index (χ2v) is 5.46. The Balaban J connectivity index is 2.23. The van der Waals surface area contributed by atoms with E-state index in [4.69, 9.17) is 4.74 Å². The molecule has 0 bridgehead atoms. The van der Waals surface area contributed by atoms with E-state index < -0.39 is 17.8 Å². The van der Waals surface area contributed by atoms with E-state index in [0.29, 0.717) is 16.9 Å². The van der Waals surface area contributed by atoms with Crippen molar-refractivity contribution in [3.05, 3.63) is 41.1 Å². The number of hydrogen-bond donors (Lipinski definition) is 2. The third-order valence-electron chi connectivity index (χ3n) is 3.75. The number of Topliss-reactive ketones (excluding diaryl/α,β-unsaturated/α-hetero) is 1. The molecule has 0 radical (unpaired) electrons. The smallest absolute Gasteiger partial charge is 0.336 e. The lowest BCUT2D eigenvalue weighted by molar-refractivity contribution is -0.139. The maximum atomic E-state index is 12.5. The van der Waals surface area contributed by atoms with Gasteiger partial charge in [0.05, 0.1) is 18.6 Å². The first kappa shape index (κ1) is 17.4. The number of allylic oxidation sites excluding steroid dienone is 1. The van der Waals surface area contributed by atoms with Crippen LogP contribution in [0.25, 0.3) is 0 Å². The highest BCUT2D eigenvalue weighted by atomic mass is 16.5. The molecule has 0 spiro atoms. The van der Waals surface area contributed by atoms with Crippen molar-refractivity contribution in [1.29, 1.82) is 0 Å². The molecule has 1 aromatic carbocycles. The molecule has 1 aliphatic rings. The standard InChI is InChI=1S/C17H18N2O5/c1-9-15(17(23)24-3)13(8-14(21)18-9)16(22)19-12-6-4-11(5-7-12)10(2)20/h4-7,13H,8H2,1-3H3,(H,18,21)(H,19,22)/t13-/m1/s1. The summed E-state index contributed by atoms with van der Waals surface area (Å²) >= 11 is 0. The monoisotopic (exact) mass is 330 g/mol. The summed E-state index contributed by atoms with van der Waals surface area (Å²) in [6.07, 6.45) is -0.140. The predicted molar refractivity (Wildman–Crippen MR) is 86.0 cm³/mol. The first-order chi connectivity index (χ1) is 11.3. The molecule has 2 rings (SSSR count). The van der Waals surface area contributed by atoms with Crippen LogP contribution in [-0.2, 0) is 19.1 Å². The van der Waals surface area contributed by atoms with E-state index in [1.165, 1.54) is 14.0 Å². The van der Waals surface area contributed by atoms with Crippen LogP contribution >= 0.6 is 0 Å². The number of benzene rings is 1. The summed E-state index contributed by atoms with van der Waals surface area (Å²) in [6, 6.07) is 6.36. The average Bonchev–Trinajstić information content (AvgIpc) is 2.53. The van der Waals surface area contributed by atoms with Gasteiger partial charge in [0.2, 0.25) is 11.8 Å². The second-order valence-electron chi connectivity index (χ2n) is 5.46. The van der Waals surface area contributed by atoms with Gasteiger partial charge in [0, 0.05) is 23.4 Å². The fourth-order valence-electron chi connectivity index (χ4n) is 2.52. The van der Waals surface area contributed by atoms with Crippen LogP contribution in [-0.4, -0.2) is 30.7 Å². The van der Waals surface area contributed by atoms with Gasteiger partial charge in [-0.25, -0.2) is 4.79 Å². The molecule has 7 nitrogen and oxygen atoms in total. The summed E-state index contributed by atoms with van der Waals surface area (Å²) in [5, 5.41) is 5.19. The van der Waals surface area contributed by atoms with Crippen LogP contribution in [0.4, 0.5) is 5.69 Å². The Bertz CT molecular complexity index is 734. The van der Waals surface area contributed by atoms with Crippen molar-refractivity contribution in [2.24, 2.45) is 5.92 Å². The maximum Gasteiger partial charge on any atom is 0.336 e. The lowest BCUT2D eigenvalue weighted by Crippen LogP contribution is -2.40. The highest BCUT2D eigenvalue weighted by molar-refractivity contribution is 6.06. The Labute approximate surface area is 139 Å². The van der Waals surface area contributed by atoms with Gasteiger partial charge in [-0.1, -0.05) is 0 Å². The molecule has 1 aromatic rings. The number of nitrogens with one attached hydrogen (secondary N) is 2. The van der Waals surface area contributed by atoms with Crippen molar-refractivity contribution in [3.8, 4) is 0 Å². The summed E-state index contributed by atoms with van der Waals surface area (Å²) in [5.41, 5.74) is 1.44. The zero-order valence-corrected chi connectivity index (χ0v) is 13.6. The molecule has 7 heteroatoms. The number of hydrogen-bond acceptors (Lipinski definition) is 5. The Morgan fingerprint density at radius 2 is 1.83 bits per heavy atom. The van der Waals surface area contributed by atoms with Gasteiger partial charge >= 0.3 is 5.97 Å². The van der Waals surface area contributed by atoms with Crippen molar-refractivity contribution in [2.75, 3.05) is 12.4 Å². The quantitative estimate of drug-likeness (QED) is 0.642. The van der Waals surface area contributed by atoms with Gasteiger partial charge < -0.3 is 15.4 Å². The van der Waals surface area contributed by atoms with Crippen molar-refractivity contribution in [1.82, 2.24) is 5.32 Å². The van der Waals surface area contributed by atoms with Crippen LogP contribution in [0.2, 0.25) is 0 Å². The molecule has 0 fully saturated rings. The molecule has 1 atom stereocenters. The van der Waals surface area contributed by atoms with Gasteiger partial charge in [-0.05, 0) is 38.1 Å². The van der Waals surface area contributed by atoms with Crippen LogP contribution in [0, 0.1) is 5.92 Å². The van der Waals surface area contributed by atoms with Crippen LogP contribution in [0.15, 0.2) is 35.5 Å². The molecule has 1 aliphatic heterocycles. The summed E-state index contributed by atoms with van der Waals surface area (Å²) in [7, 11) is 1.22. The normalized spacial score (nSPS) is 17.1. The van der Waals surface area contributed by atoms with Gasteiger partial charge in [-0.3, -0.25) is 14.4 Å². The molecule has 0 saturated carbocycles. The van der Waals surface area contributed by atoms with Gasteiger partial charge in [0.15, 0.2) is 5.78 Å². The molecule has 2 amide bonds. The van der Waals surface area contributed by atoms with E-state index in [0.717, 1.165) is 0 Å². The SMILES string of the molecule is COC(=O)C1=C(C)NC(=O)C[C@H]1C(=O)Nc1ccc(C(C)=O)cc1. The number of anilines is 1. The van der Waals surface area contributed by atoms with E-state index in [1.54, 1.807) is 31.2 Å². The Morgan fingerprint density at radius 1 is 1.21 bits per heavy atom. The molecule has 0 saturated heterocycles. The summed E-state index contributed by atoms with van der Waals surface area (Å²) in [5.74, 6) is -2.49. The van der Waals surface area contributed by atoms with Crippen molar-refractivity contribution < 1.29 is 23.9 Å². The fraction of sp³-hybridized carbons (Fsp3) is 0.294. The zero-order chi connectivity index (χ0) is 17.9. The van der Waals surface area contributed by atoms with E-state index in [1.807, 2.05) is 0 Å². The van der Waals surface area contributed by atoms with Gasteiger partial charge in [0.1, 0.15) is 0 Å². The lowest BCUT2D eigenvalue weighted by atomic mass is 9.89. The number of amides is 2. The molecule has 0 aliphatic carbocycles. The van der Waals surface area contributed by atoms with Crippen LogP contribution in [0.5, 0.6) is 0 Å². The van der Waals surface area contributed by atoms with E-state index >= 15 is 0 Å². The largest absolute Gasteiger partial charge is 0.466 e. The number of carbonyl (C=O) groups excluding carboxylic acids is 4. The number of methoxy groups -OCH3 is 1. The minimum atomic E-state index is -0.932. The average molecular weight is 330 g/mol. The maximum absolute atomic E-state index is 12.5. The molecule has 0 aromatic heterocycles. The second kappa shape index (κ2) is 7.08. The van der Waals surface area contributed by atoms with E-state index in [2.05, 4.69) is 10.6 Å². The Kier molecular flexibility index (Phi) is 5.13. The summed E-state index contributed by atoms with van der Waals surface area (Å²) in [4.78, 5) is 47.4. The molecule has 24 heavy (non-hydrogen) atoms. The minimum Gasteiger partial charge on any atom is -0.466 e. The minimum absolute atomic E-state index is 0.0802. The van der Waals surface area contributed by atoms with Crippen LogP contribution in [0.3, 0.4) is 0 Å². The third kappa shape index (κ3) is 3.68. The van der Waals surface area contributed by atoms with E-state index in [-0.39, 0.29) is 23.7 Å². The van der Waals surface area contributed by atoms with Gasteiger partial charge in [-0.15, -0.1) is 0 Å². The predicted octanol–water partition coefficient (Wildman–Crippen LogP) is 1.41. The van der Waals surface area contributed by atoms with Crippen LogP contribution in [0.1, 0.15) is 30.6 Å². The zero-order valence-electron chi connectivity index (χ0n) is 13.6. The topological polar surface area (TPSA) is 102 Å². The summed E-state index contributed by atoms with van der Waals surface area (Å²) < 4.78 is 4.70. The van der Waals surface area contributed by atoms with Crippen molar-refractivity contribution >= 4 is 29.3 Å². The van der Waals surface area contributed by atoms with Crippen LogP contribution < -0.4 is 10.6 Å². The number of ether oxygens (including phenoxy) is 1. The molecule has 0 unspecified atom stereocenters. The highest BCUT2D eigenvalue weighted by Gasteiger charge is 2.36. The van der Waals surface area contributed by atoms with Gasteiger partial charge in [-0.2, -0.15) is 0 Å². The first-order valence-electron chi connectivity index (χ1n) is 7.34. The Hall–Kier alpha value is -2.96. The number of rotatable bonds is 4. The highest BCUT2D eigenvalue weighted by Crippen LogP contribution is 2.25. The fourth-order valence-corrected chi connectivity index (χ4v) is 2.52. The Morgan fingerprint density at radius 3 is 2.38 bits per heavy atom. The summed E-state index contributed by atoms with van der Waals surface area (Å²) in [6.45, 7) is 3.00. The third-order valence-corrected chi connectivity index (χ3v) is 3.75. The molecule has 126 valence electrons. The van der Waals surface area contributed by atoms with E-state index in [9.17, 15) is 19.2 Å². The van der Waals surface area contributed by atoms with Gasteiger partial charge in [0.25, 0.3) is 0 Å². The number of carbonyl (C=O) groups is 4. The molecular weight excluding hydrogens is 312 g/mol. The van der Waals surface area contributed by atoms with Crippen molar-refractivity contribution in [2.45, 2.75) is 20.3 Å². The molecular formula is C17H18N2O5. The lowest BCUT2D eigenvalue weighted by Gasteiger charge is -2.25.